The van der Waals surface area contributed by atoms with Crippen molar-refractivity contribution in [3.8, 4) is 0 Å². The second kappa shape index (κ2) is 4.64. The predicted molar refractivity (Wildman–Crippen MR) is 66.3 cm³/mol. The molecule has 6 heteroatoms. The van der Waals surface area contributed by atoms with Crippen LogP contribution in [0.1, 0.15) is 5.56 Å². The maximum atomic E-state index is 12.1. The first-order valence-electron chi connectivity index (χ1n) is 5.51. The largest absolute Gasteiger partial charge is 0.391 e. The zero-order chi connectivity index (χ0) is 12.5. The Morgan fingerprint density at radius 1 is 1.41 bits per heavy atom. The first-order chi connectivity index (χ1) is 8.04. The number of nitrogens with zero attached hydrogens (tertiary/aromatic N) is 1. The molecule has 0 amide bonds. The Morgan fingerprint density at radius 3 is 2.82 bits per heavy atom. The number of fused-ring (bicyclic) bond motifs is 1. The molecule has 5 nitrogen and oxygen atoms in total. The van der Waals surface area contributed by atoms with Crippen molar-refractivity contribution in [3.63, 3.8) is 0 Å². The van der Waals surface area contributed by atoms with Crippen molar-refractivity contribution in [1.82, 2.24) is 0 Å². The average molecular weight is 256 g/mol. The molecule has 94 valence electrons. The van der Waals surface area contributed by atoms with Crippen LogP contribution in [0.3, 0.4) is 0 Å². The molecule has 0 radical (unpaired) electrons. The smallest absolute Gasteiger partial charge is 0.237 e. The molecule has 0 saturated carbocycles. The second-order valence-electron chi connectivity index (χ2n) is 4.12. The number of para-hydroxylation sites is 1. The molecule has 0 aromatic heterocycles. The standard InChI is InChI=1S/C11H16N2O3S/c12-7-10(14)8-17(15,16)13-6-5-9-3-1-2-4-11(9)13/h1-4,10,14H,5-8,12H2. The van der Waals surface area contributed by atoms with E-state index in [2.05, 4.69) is 0 Å². The second-order valence-corrected chi connectivity index (χ2v) is 6.06. The lowest BCUT2D eigenvalue weighted by atomic mass is 10.2. The Kier molecular flexibility index (Phi) is 3.37. The van der Waals surface area contributed by atoms with Crippen LogP contribution in [0.4, 0.5) is 5.69 Å². The molecule has 0 bridgehead atoms. The van der Waals surface area contributed by atoms with E-state index >= 15 is 0 Å². The van der Waals surface area contributed by atoms with Crippen LogP contribution in [0.5, 0.6) is 0 Å². The number of aliphatic hydroxyl groups is 1. The van der Waals surface area contributed by atoms with Crippen LogP contribution in [0.2, 0.25) is 0 Å². The maximum Gasteiger partial charge on any atom is 0.237 e. The van der Waals surface area contributed by atoms with Crippen LogP contribution in [0.15, 0.2) is 24.3 Å². The lowest BCUT2D eigenvalue weighted by molar-refractivity contribution is 0.205. The van der Waals surface area contributed by atoms with Gasteiger partial charge in [0.1, 0.15) is 0 Å². The molecular weight excluding hydrogens is 240 g/mol. The Labute approximate surface area is 101 Å². The summed E-state index contributed by atoms with van der Waals surface area (Å²) in [5.74, 6) is -0.322. The molecule has 0 fully saturated rings. The maximum absolute atomic E-state index is 12.1. The fraction of sp³-hybridized carbons (Fsp3) is 0.455. The van der Waals surface area contributed by atoms with Gasteiger partial charge in [-0.1, -0.05) is 18.2 Å². The number of hydrogen-bond acceptors (Lipinski definition) is 4. The molecule has 0 spiro atoms. The molecule has 1 aromatic rings. The summed E-state index contributed by atoms with van der Waals surface area (Å²) in [6.45, 7) is 0.397. The summed E-state index contributed by atoms with van der Waals surface area (Å²) >= 11 is 0. The van der Waals surface area contributed by atoms with Gasteiger partial charge in [-0.3, -0.25) is 4.31 Å². The van der Waals surface area contributed by atoms with Crippen molar-refractivity contribution in [1.29, 1.82) is 0 Å². The normalized spacial score (nSPS) is 16.9. The summed E-state index contributed by atoms with van der Waals surface area (Å²) in [5.41, 5.74) is 6.98. The Hall–Kier alpha value is -1.11. The number of rotatable bonds is 4. The number of nitrogens with two attached hydrogens (primary N) is 1. The average Bonchev–Trinajstić information content (AvgIpc) is 2.72. The Balaban J connectivity index is 2.25. The number of hydrogen-bond donors (Lipinski definition) is 2. The molecule has 2 rings (SSSR count). The van der Waals surface area contributed by atoms with Gasteiger partial charge in [0.05, 0.1) is 17.5 Å². The third-order valence-electron chi connectivity index (χ3n) is 2.86. The molecule has 1 aliphatic rings. The summed E-state index contributed by atoms with van der Waals surface area (Å²) in [7, 11) is -3.48. The van der Waals surface area contributed by atoms with Gasteiger partial charge in [0.2, 0.25) is 10.0 Å². The number of benzene rings is 1. The summed E-state index contributed by atoms with van der Waals surface area (Å²) < 4.78 is 25.5. The minimum atomic E-state index is -3.48. The molecule has 1 heterocycles. The number of sulfonamides is 1. The topological polar surface area (TPSA) is 83.6 Å². The van der Waals surface area contributed by atoms with Gasteiger partial charge in [0.25, 0.3) is 0 Å². The number of anilines is 1. The van der Waals surface area contributed by atoms with Crippen LogP contribution < -0.4 is 10.0 Å². The third-order valence-corrected chi connectivity index (χ3v) is 4.71. The van der Waals surface area contributed by atoms with E-state index in [-0.39, 0.29) is 12.3 Å². The molecule has 0 aliphatic carbocycles. The first kappa shape index (κ1) is 12.3. The monoisotopic (exact) mass is 256 g/mol. The molecule has 1 aromatic carbocycles. The van der Waals surface area contributed by atoms with E-state index < -0.39 is 16.1 Å². The van der Waals surface area contributed by atoms with Gasteiger partial charge in [-0.25, -0.2) is 8.42 Å². The predicted octanol–water partition coefficient (Wildman–Crippen LogP) is -0.301. The first-order valence-corrected chi connectivity index (χ1v) is 7.12. The van der Waals surface area contributed by atoms with Gasteiger partial charge in [-0.2, -0.15) is 0 Å². The van der Waals surface area contributed by atoms with Crippen LogP contribution in [-0.4, -0.2) is 38.5 Å². The summed E-state index contributed by atoms with van der Waals surface area (Å²) in [5, 5.41) is 9.37. The molecule has 1 atom stereocenters. The minimum absolute atomic E-state index is 0.0469. The SMILES string of the molecule is NCC(O)CS(=O)(=O)N1CCc2ccccc21. The van der Waals surface area contributed by atoms with E-state index in [0.717, 1.165) is 11.3 Å². The van der Waals surface area contributed by atoms with E-state index in [1.807, 2.05) is 18.2 Å². The lowest BCUT2D eigenvalue weighted by Gasteiger charge is -2.20. The summed E-state index contributed by atoms with van der Waals surface area (Å²) in [6, 6.07) is 7.41. The van der Waals surface area contributed by atoms with Crippen molar-refractivity contribution in [3.05, 3.63) is 29.8 Å². The highest BCUT2D eigenvalue weighted by atomic mass is 32.2. The molecule has 17 heavy (non-hydrogen) atoms. The molecular formula is C11H16N2O3S. The van der Waals surface area contributed by atoms with E-state index in [1.54, 1.807) is 6.07 Å². The van der Waals surface area contributed by atoms with E-state index in [1.165, 1.54) is 4.31 Å². The fourth-order valence-electron chi connectivity index (χ4n) is 2.00. The van der Waals surface area contributed by atoms with Crippen molar-refractivity contribution in [2.75, 3.05) is 23.1 Å². The fourth-order valence-corrected chi connectivity index (χ4v) is 3.65. The van der Waals surface area contributed by atoms with Crippen LogP contribution in [-0.2, 0) is 16.4 Å². The highest BCUT2D eigenvalue weighted by Gasteiger charge is 2.30. The third kappa shape index (κ3) is 2.43. The lowest BCUT2D eigenvalue weighted by Crippen LogP contribution is -2.38. The molecule has 1 aliphatic heterocycles. The van der Waals surface area contributed by atoms with Crippen molar-refractivity contribution < 1.29 is 13.5 Å². The van der Waals surface area contributed by atoms with Crippen molar-refractivity contribution in [2.45, 2.75) is 12.5 Å². The Bertz CT molecular complexity index is 501. The van der Waals surface area contributed by atoms with Gasteiger partial charge in [-0.05, 0) is 18.1 Å². The molecule has 3 N–H and O–H groups in total. The zero-order valence-corrected chi connectivity index (χ0v) is 10.2. The van der Waals surface area contributed by atoms with Gasteiger partial charge in [-0.15, -0.1) is 0 Å². The van der Waals surface area contributed by atoms with Crippen LogP contribution in [0.25, 0.3) is 0 Å². The van der Waals surface area contributed by atoms with Gasteiger partial charge in [0.15, 0.2) is 0 Å². The summed E-state index contributed by atoms with van der Waals surface area (Å²) in [6.07, 6.45) is -0.290. The number of aliphatic hydroxyl groups excluding tert-OH is 1. The van der Waals surface area contributed by atoms with Crippen molar-refractivity contribution in [2.24, 2.45) is 5.73 Å². The van der Waals surface area contributed by atoms with Crippen LogP contribution >= 0.6 is 0 Å². The molecule has 0 saturated heterocycles. The van der Waals surface area contributed by atoms with Crippen molar-refractivity contribution >= 4 is 15.7 Å². The quantitative estimate of drug-likeness (QED) is 0.774. The van der Waals surface area contributed by atoms with E-state index in [9.17, 15) is 13.5 Å². The molecule has 1 unspecified atom stereocenters. The minimum Gasteiger partial charge on any atom is -0.391 e. The highest BCUT2D eigenvalue weighted by Crippen LogP contribution is 2.30. The van der Waals surface area contributed by atoms with Gasteiger partial charge >= 0.3 is 0 Å². The Morgan fingerprint density at radius 2 is 2.12 bits per heavy atom. The van der Waals surface area contributed by atoms with E-state index in [0.29, 0.717) is 13.0 Å². The highest BCUT2D eigenvalue weighted by molar-refractivity contribution is 7.92. The van der Waals surface area contributed by atoms with Gasteiger partial charge in [0, 0.05) is 13.1 Å². The van der Waals surface area contributed by atoms with E-state index in [4.69, 9.17) is 5.73 Å². The zero-order valence-electron chi connectivity index (χ0n) is 9.41. The van der Waals surface area contributed by atoms with Gasteiger partial charge < -0.3 is 10.8 Å². The summed E-state index contributed by atoms with van der Waals surface area (Å²) in [4.78, 5) is 0. The van der Waals surface area contributed by atoms with Crippen LogP contribution in [0, 0.1) is 0 Å².